The third-order valence-corrected chi connectivity index (χ3v) is 3.14. The molecular formula is C13H17NO5. The van der Waals surface area contributed by atoms with Gasteiger partial charge in [0.2, 0.25) is 0 Å². The van der Waals surface area contributed by atoms with E-state index < -0.39 is 12.2 Å². The van der Waals surface area contributed by atoms with Gasteiger partial charge in [-0.15, -0.1) is 0 Å². The molecule has 0 saturated carbocycles. The van der Waals surface area contributed by atoms with Crippen LogP contribution >= 0.6 is 0 Å². The van der Waals surface area contributed by atoms with Crippen LogP contribution in [-0.4, -0.2) is 60.5 Å². The predicted molar refractivity (Wildman–Crippen MR) is 67.5 cm³/mol. The van der Waals surface area contributed by atoms with Crippen molar-refractivity contribution in [3.63, 3.8) is 0 Å². The van der Waals surface area contributed by atoms with Crippen LogP contribution in [0, 0.1) is 0 Å². The molecule has 2 N–H and O–H groups in total. The van der Waals surface area contributed by atoms with Gasteiger partial charge in [-0.2, -0.15) is 0 Å². The second-order valence-electron chi connectivity index (χ2n) is 4.45. The van der Waals surface area contributed by atoms with Crippen molar-refractivity contribution in [2.45, 2.75) is 12.2 Å². The largest absolute Gasteiger partial charge is 0.497 e. The van der Waals surface area contributed by atoms with Gasteiger partial charge in [-0.25, -0.2) is 0 Å². The first kappa shape index (κ1) is 13.6. The number of rotatable bonds is 3. The minimum absolute atomic E-state index is 0.125. The highest BCUT2D eigenvalue weighted by molar-refractivity contribution is 5.95. The summed E-state index contributed by atoms with van der Waals surface area (Å²) in [5, 5.41) is 18.9. The van der Waals surface area contributed by atoms with E-state index >= 15 is 0 Å². The molecule has 1 heterocycles. The van der Waals surface area contributed by atoms with Crippen LogP contribution < -0.4 is 9.47 Å². The number of aliphatic hydroxyl groups is 2. The number of hydrogen-bond donors (Lipinski definition) is 2. The highest BCUT2D eigenvalue weighted by atomic mass is 16.5. The van der Waals surface area contributed by atoms with Crippen LogP contribution in [0.25, 0.3) is 0 Å². The first-order chi connectivity index (χ1) is 9.05. The van der Waals surface area contributed by atoms with Crippen LogP contribution in [0.3, 0.4) is 0 Å². The Kier molecular flexibility index (Phi) is 3.92. The summed E-state index contributed by atoms with van der Waals surface area (Å²) in [5.41, 5.74) is 0.400. The molecule has 19 heavy (non-hydrogen) atoms. The van der Waals surface area contributed by atoms with Gasteiger partial charge in [0.25, 0.3) is 5.91 Å². The van der Waals surface area contributed by atoms with Crippen molar-refractivity contribution in [1.29, 1.82) is 0 Å². The highest BCUT2D eigenvalue weighted by Gasteiger charge is 2.33. The number of ether oxygens (including phenoxy) is 2. The van der Waals surface area contributed by atoms with Crippen molar-refractivity contribution in [3.8, 4) is 11.5 Å². The Morgan fingerprint density at radius 2 is 1.58 bits per heavy atom. The van der Waals surface area contributed by atoms with Crippen LogP contribution in [0.2, 0.25) is 0 Å². The molecule has 0 bridgehead atoms. The van der Waals surface area contributed by atoms with Crippen LogP contribution in [0.1, 0.15) is 10.4 Å². The van der Waals surface area contributed by atoms with E-state index in [9.17, 15) is 15.0 Å². The molecule has 1 aliphatic heterocycles. The van der Waals surface area contributed by atoms with Crippen molar-refractivity contribution >= 4 is 5.91 Å². The molecule has 1 aliphatic rings. The van der Waals surface area contributed by atoms with Gasteiger partial charge in [-0.3, -0.25) is 4.79 Å². The number of carbonyl (C=O) groups excluding carboxylic acids is 1. The Labute approximate surface area is 111 Å². The average molecular weight is 267 g/mol. The third kappa shape index (κ3) is 2.80. The second kappa shape index (κ2) is 5.46. The summed E-state index contributed by atoms with van der Waals surface area (Å²) < 4.78 is 10.2. The molecule has 0 radical (unpaired) electrons. The van der Waals surface area contributed by atoms with Gasteiger partial charge in [0, 0.05) is 24.7 Å². The molecule has 1 fully saturated rings. The third-order valence-electron chi connectivity index (χ3n) is 3.14. The zero-order chi connectivity index (χ0) is 14.0. The number of carbonyl (C=O) groups is 1. The summed E-state index contributed by atoms with van der Waals surface area (Å²) in [5.74, 6) is 0.763. The molecule has 0 aromatic heterocycles. The number of hydrogen-bond acceptors (Lipinski definition) is 5. The zero-order valence-electron chi connectivity index (χ0n) is 10.9. The first-order valence-electron chi connectivity index (χ1n) is 5.93. The van der Waals surface area contributed by atoms with Crippen LogP contribution in [-0.2, 0) is 0 Å². The number of β-amino-alcohol motifs (C(OH)–C–C–N with tert-alkyl or cyclic N) is 2. The summed E-state index contributed by atoms with van der Waals surface area (Å²) >= 11 is 0. The maximum Gasteiger partial charge on any atom is 0.254 e. The topological polar surface area (TPSA) is 79.2 Å². The lowest BCUT2D eigenvalue weighted by Crippen LogP contribution is -2.29. The summed E-state index contributed by atoms with van der Waals surface area (Å²) in [6.45, 7) is 0.249. The van der Waals surface area contributed by atoms with Crippen LogP contribution in [0.4, 0.5) is 0 Å². The fraction of sp³-hybridized carbons (Fsp3) is 0.462. The average Bonchev–Trinajstić information content (AvgIpc) is 2.77. The van der Waals surface area contributed by atoms with Crippen molar-refractivity contribution in [1.82, 2.24) is 4.90 Å². The van der Waals surface area contributed by atoms with E-state index in [0.29, 0.717) is 17.1 Å². The molecule has 1 amide bonds. The summed E-state index contributed by atoms with van der Waals surface area (Å²) in [6.07, 6.45) is -1.78. The first-order valence-corrected chi connectivity index (χ1v) is 5.93. The van der Waals surface area contributed by atoms with E-state index in [0.717, 1.165) is 0 Å². The standard InChI is InChI=1S/C13H17NO5/c1-18-9-3-8(4-10(5-9)19-2)13(17)14-6-11(15)12(16)7-14/h3-5,11-12,15-16H,6-7H2,1-2H3/t11-,12+. The second-order valence-corrected chi connectivity index (χ2v) is 4.45. The van der Waals surface area contributed by atoms with Crippen molar-refractivity contribution in [3.05, 3.63) is 23.8 Å². The normalized spacial score (nSPS) is 22.4. The van der Waals surface area contributed by atoms with E-state index in [-0.39, 0.29) is 19.0 Å². The smallest absolute Gasteiger partial charge is 0.254 e. The fourth-order valence-electron chi connectivity index (χ4n) is 2.05. The molecule has 1 aromatic rings. The highest BCUT2D eigenvalue weighted by Crippen LogP contribution is 2.24. The van der Waals surface area contributed by atoms with Crippen molar-refractivity contribution in [2.24, 2.45) is 0 Å². The minimum atomic E-state index is -0.892. The zero-order valence-corrected chi connectivity index (χ0v) is 10.9. The van der Waals surface area contributed by atoms with Gasteiger partial charge in [-0.1, -0.05) is 0 Å². The maximum absolute atomic E-state index is 12.3. The molecule has 6 heteroatoms. The number of methoxy groups -OCH3 is 2. The van der Waals surface area contributed by atoms with Gasteiger partial charge in [-0.05, 0) is 12.1 Å². The summed E-state index contributed by atoms with van der Waals surface area (Å²) in [6, 6.07) is 4.87. The van der Waals surface area contributed by atoms with E-state index in [1.54, 1.807) is 18.2 Å². The number of amides is 1. The van der Waals surface area contributed by atoms with E-state index in [2.05, 4.69) is 0 Å². The molecule has 0 aliphatic carbocycles. The molecule has 2 rings (SSSR count). The van der Waals surface area contributed by atoms with E-state index in [1.165, 1.54) is 19.1 Å². The Hall–Kier alpha value is -1.79. The number of aliphatic hydroxyl groups excluding tert-OH is 2. The molecular weight excluding hydrogens is 250 g/mol. The number of likely N-dealkylation sites (tertiary alicyclic amines) is 1. The predicted octanol–water partition coefficient (Wildman–Crippen LogP) is -0.119. The molecule has 104 valence electrons. The fourth-order valence-corrected chi connectivity index (χ4v) is 2.05. The Balaban J connectivity index is 2.23. The van der Waals surface area contributed by atoms with Gasteiger partial charge in [0.15, 0.2) is 0 Å². The molecule has 6 nitrogen and oxygen atoms in total. The van der Waals surface area contributed by atoms with Gasteiger partial charge in [0.05, 0.1) is 26.4 Å². The maximum atomic E-state index is 12.3. The molecule has 2 atom stereocenters. The van der Waals surface area contributed by atoms with E-state index in [4.69, 9.17) is 9.47 Å². The van der Waals surface area contributed by atoms with Crippen LogP contribution in [0.15, 0.2) is 18.2 Å². The lowest BCUT2D eigenvalue weighted by atomic mass is 10.1. The van der Waals surface area contributed by atoms with Gasteiger partial charge in [0.1, 0.15) is 11.5 Å². The Morgan fingerprint density at radius 3 is 2.00 bits per heavy atom. The van der Waals surface area contributed by atoms with E-state index in [1.807, 2.05) is 0 Å². The number of nitrogens with zero attached hydrogens (tertiary/aromatic N) is 1. The monoisotopic (exact) mass is 267 g/mol. The lowest BCUT2D eigenvalue weighted by molar-refractivity contribution is 0.0572. The Morgan fingerprint density at radius 1 is 1.11 bits per heavy atom. The molecule has 0 unspecified atom stereocenters. The van der Waals surface area contributed by atoms with Gasteiger partial charge < -0.3 is 24.6 Å². The van der Waals surface area contributed by atoms with Crippen molar-refractivity contribution < 1.29 is 24.5 Å². The van der Waals surface area contributed by atoms with Crippen LogP contribution in [0.5, 0.6) is 11.5 Å². The molecule has 1 saturated heterocycles. The lowest BCUT2D eigenvalue weighted by Gasteiger charge is -2.16. The SMILES string of the molecule is COc1cc(OC)cc(C(=O)N2C[C@@H](O)[C@@H](O)C2)c1. The minimum Gasteiger partial charge on any atom is -0.497 e. The molecule has 0 spiro atoms. The van der Waals surface area contributed by atoms with Crippen molar-refractivity contribution in [2.75, 3.05) is 27.3 Å². The quantitative estimate of drug-likeness (QED) is 0.798. The Bertz CT molecular complexity index is 444. The molecule has 1 aromatic carbocycles. The number of benzene rings is 1. The van der Waals surface area contributed by atoms with Gasteiger partial charge >= 0.3 is 0 Å². The summed E-state index contributed by atoms with van der Waals surface area (Å²) in [7, 11) is 3.01. The summed E-state index contributed by atoms with van der Waals surface area (Å²) in [4.78, 5) is 13.7.